The number of benzene rings is 1. The van der Waals surface area contributed by atoms with E-state index in [4.69, 9.17) is 15.2 Å². The highest BCUT2D eigenvalue weighted by Crippen LogP contribution is 2.45. The van der Waals surface area contributed by atoms with E-state index in [-0.39, 0.29) is 5.41 Å². The molecular formula is C15H21NO2. The zero-order chi connectivity index (χ0) is 12.8. The van der Waals surface area contributed by atoms with Crippen molar-refractivity contribution in [2.75, 3.05) is 6.54 Å². The molecule has 0 saturated heterocycles. The molecule has 18 heavy (non-hydrogen) atoms. The summed E-state index contributed by atoms with van der Waals surface area (Å²) in [5.74, 6) is 1.15. The number of fused-ring (bicyclic) bond motifs is 1. The smallest absolute Gasteiger partial charge is 0.246 e. The fourth-order valence-electron chi connectivity index (χ4n) is 3.21. The van der Waals surface area contributed by atoms with Crippen LogP contribution in [0.2, 0.25) is 0 Å². The van der Waals surface area contributed by atoms with Gasteiger partial charge in [0.25, 0.3) is 0 Å². The van der Waals surface area contributed by atoms with E-state index >= 15 is 0 Å². The predicted molar refractivity (Wildman–Crippen MR) is 71.0 cm³/mol. The molecule has 98 valence electrons. The summed E-state index contributed by atoms with van der Waals surface area (Å²) in [4.78, 5) is 0. The fraction of sp³-hybridized carbons (Fsp3) is 0.600. The lowest BCUT2D eigenvalue weighted by Crippen LogP contribution is -2.32. The average Bonchev–Trinajstić information content (AvgIpc) is 2.90. The normalized spacial score (nSPS) is 23.3. The molecule has 0 aromatic heterocycles. The topological polar surface area (TPSA) is 44.5 Å². The molecule has 0 unspecified atom stereocenters. The zero-order valence-electron chi connectivity index (χ0n) is 11.2. The quantitative estimate of drug-likeness (QED) is 0.873. The van der Waals surface area contributed by atoms with Crippen molar-refractivity contribution >= 4 is 0 Å². The van der Waals surface area contributed by atoms with Gasteiger partial charge >= 0.3 is 0 Å². The van der Waals surface area contributed by atoms with Gasteiger partial charge in [-0.1, -0.05) is 18.9 Å². The number of rotatable bonds is 2. The van der Waals surface area contributed by atoms with Crippen molar-refractivity contribution in [2.24, 2.45) is 5.73 Å². The van der Waals surface area contributed by atoms with Gasteiger partial charge in [-0.3, -0.25) is 0 Å². The number of nitrogens with two attached hydrogens (primary N) is 1. The maximum absolute atomic E-state index is 6.03. The summed E-state index contributed by atoms with van der Waals surface area (Å²) >= 11 is 0. The van der Waals surface area contributed by atoms with Crippen molar-refractivity contribution in [1.29, 1.82) is 0 Å². The lowest BCUT2D eigenvalue weighted by atomic mass is 9.79. The van der Waals surface area contributed by atoms with Gasteiger partial charge in [-0.25, -0.2) is 0 Å². The number of ether oxygens (including phenoxy) is 2. The van der Waals surface area contributed by atoms with Crippen molar-refractivity contribution in [3.05, 3.63) is 23.8 Å². The van der Waals surface area contributed by atoms with Crippen molar-refractivity contribution in [3.8, 4) is 11.5 Å². The first kappa shape index (κ1) is 11.8. The molecule has 1 aliphatic carbocycles. The van der Waals surface area contributed by atoms with Gasteiger partial charge in [0.2, 0.25) is 5.79 Å². The van der Waals surface area contributed by atoms with Crippen LogP contribution in [0.4, 0.5) is 0 Å². The third kappa shape index (κ3) is 1.77. The van der Waals surface area contributed by atoms with Crippen LogP contribution in [-0.4, -0.2) is 12.3 Å². The van der Waals surface area contributed by atoms with E-state index in [0.717, 1.165) is 18.0 Å². The van der Waals surface area contributed by atoms with Crippen LogP contribution in [0.1, 0.15) is 45.1 Å². The van der Waals surface area contributed by atoms with Crippen molar-refractivity contribution in [1.82, 2.24) is 0 Å². The predicted octanol–water partition coefficient (Wildman–Crippen LogP) is 2.96. The van der Waals surface area contributed by atoms with Crippen LogP contribution in [0, 0.1) is 0 Å². The first-order chi connectivity index (χ1) is 8.55. The minimum absolute atomic E-state index is 0.158. The second-order valence-electron chi connectivity index (χ2n) is 5.96. The highest BCUT2D eigenvalue weighted by Gasteiger charge is 2.37. The van der Waals surface area contributed by atoms with E-state index in [1.165, 1.54) is 31.2 Å². The first-order valence-electron chi connectivity index (χ1n) is 6.77. The van der Waals surface area contributed by atoms with Gasteiger partial charge in [0.1, 0.15) is 0 Å². The molecule has 0 bridgehead atoms. The van der Waals surface area contributed by atoms with Gasteiger partial charge < -0.3 is 15.2 Å². The summed E-state index contributed by atoms with van der Waals surface area (Å²) in [5.41, 5.74) is 7.49. The number of hydrogen-bond acceptors (Lipinski definition) is 3. The maximum Gasteiger partial charge on any atom is 0.246 e. The standard InChI is InChI=1S/C15H21NO2/c1-14(2)17-12-6-5-11(9-13(12)18-14)15(10-16)7-3-4-8-15/h5-6,9H,3-4,7-8,10,16H2,1-2H3. The minimum atomic E-state index is -0.549. The minimum Gasteiger partial charge on any atom is -0.449 e. The van der Waals surface area contributed by atoms with Crippen molar-refractivity contribution in [3.63, 3.8) is 0 Å². The molecule has 2 aliphatic rings. The molecule has 3 nitrogen and oxygen atoms in total. The van der Waals surface area contributed by atoms with Gasteiger partial charge in [-0.15, -0.1) is 0 Å². The Morgan fingerprint density at radius 2 is 1.78 bits per heavy atom. The van der Waals surface area contributed by atoms with Gasteiger partial charge in [-0.05, 0) is 30.5 Å². The van der Waals surface area contributed by atoms with Crippen molar-refractivity contribution < 1.29 is 9.47 Å². The fourth-order valence-corrected chi connectivity index (χ4v) is 3.21. The molecule has 3 rings (SSSR count). The first-order valence-corrected chi connectivity index (χ1v) is 6.77. The van der Waals surface area contributed by atoms with Crippen LogP contribution in [0.25, 0.3) is 0 Å². The molecule has 1 fully saturated rings. The Kier molecular flexibility index (Phi) is 2.56. The average molecular weight is 247 g/mol. The van der Waals surface area contributed by atoms with E-state index < -0.39 is 5.79 Å². The van der Waals surface area contributed by atoms with Crippen molar-refractivity contribution in [2.45, 2.75) is 50.7 Å². The Morgan fingerprint density at radius 1 is 1.11 bits per heavy atom. The molecule has 3 heteroatoms. The molecule has 1 aromatic rings. The monoisotopic (exact) mass is 247 g/mol. The lowest BCUT2D eigenvalue weighted by molar-refractivity contribution is -0.0431. The molecule has 1 aromatic carbocycles. The van der Waals surface area contributed by atoms with Crippen LogP contribution in [0.15, 0.2) is 18.2 Å². The number of hydrogen-bond donors (Lipinski definition) is 1. The van der Waals surface area contributed by atoms with E-state index in [9.17, 15) is 0 Å². The second-order valence-corrected chi connectivity index (χ2v) is 5.96. The summed E-state index contributed by atoms with van der Waals surface area (Å²) in [6, 6.07) is 6.30. The molecule has 1 heterocycles. The zero-order valence-corrected chi connectivity index (χ0v) is 11.2. The summed E-state index contributed by atoms with van der Waals surface area (Å²) in [7, 11) is 0. The maximum atomic E-state index is 6.03. The van der Waals surface area contributed by atoms with Gasteiger partial charge in [-0.2, -0.15) is 0 Å². The second kappa shape index (κ2) is 3.89. The van der Waals surface area contributed by atoms with E-state index in [2.05, 4.69) is 12.1 Å². The SMILES string of the molecule is CC1(C)Oc2ccc(C3(CN)CCCC3)cc2O1. The molecular weight excluding hydrogens is 226 g/mol. The molecule has 2 N–H and O–H groups in total. The van der Waals surface area contributed by atoms with Gasteiger partial charge in [0.05, 0.1) is 0 Å². The molecule has 0 atom stereocenters. The Bertz CT molecular complexity index is 462. The van der Waals surface area contributed by atoms with Crippen LogP contribution in [-0.2, 0) is 5.41 Å². The third-order valence-electron chi connectivity index (χ3n) is 4.22. The Morgan fingerprint density at radius 3 is 2.44 bits per heavy atom. The molecule has 0 spiro atoms. The summed E-state index contributed by atoms with van der Waals surface area (Å²) in [6.07, 6.45) is 4.92. The van der Waals surface area contributed by atoms with E-state index in [1.54, 1.807) is 0 Å². The lowest BCUT2D eigenvalue weighted by Gasteiger charge is -2.28. The Hall–Kier alpha value is -1.22. The van der Waals surface area contributed by atoms with E-state index in [1.807, 2.05) is 19.9 Å². The largest absolute Gasteiger partial charge is 0.449 e. The highest BCUT2D eigenvalue weighted by molar-refractivity contribution is 5.48. The van der Waals surface area contributed by atoms with Crippen LogP contribution >= 0.6 is 0 Å². The molecule has 0 radical (unpaired) electrons. The molecule has 1 saturated carbocycles. The van der Waals surface area contributed by atoms with Gasteiger partial charge in [0.15, 0.2) is 11.5 Å². The third-order valence-corrected chi connectivity index (χ3v) is 4.22. The summed E-state index contributed by atoms with van der Waals surface area (Å²) < 4.78 is 11.5. The summed E-state index contributed by atoms with van der Waals surface area (Å²) in [6.45, 7) is 4.58. The molecule has 1 aliphatic heterocycles. The highest BCUT2D eigenvalue weighted by atomic mass is 16.7. The molecule has 0 amide bonds. The van der Waals surface area contributed by atoms with Crippen LogP contribution in [0.3, 0.4) is 0 Å². The van der Waals surface area contributed by atoms with E-state index in [0.29, 0.717) is 0 Å². The van der Waals surface area contributed by atoms with Gasteiger partial charge in [0, 0.05) is 25.8 Å². The van der Waals surface area contributed by atoms with Crippen LogP contribution in [0.5, 0.6) is 11.5 Å². The Balaban J connectivity index is 1.97. The summed E-state index contributed by atoms with van der Waals surface area (Å²) in [5, 5.41) is 0. The Labute approximate surface area is 108 Å². The van der Waals surface area contributed by atoms with Crippen LogP contribution < -0.4 is 15.2 Å².